The average Bonchev–Trinajstić information content (AvgIpc) is 2.08. The lowest BCUT2D eigenvalue weighted by atomic mass is 10.0. The summed E-state index contributed by atoms with van der Waals surface area (Å²) in [5.41, 5.74) is 12.6. The maximum atomic E-state index is 5.83. The molecule has 0 atom stereocenters. The van der Waals surface area contributed by atoms with E-state index in [1.807, 2.05) is 20.8 Å². The van der Waals surface area contributed by atoms with Crippen molar-refractivity contribution in [1.29, 1.82) is 0 Å². The van der Waals surface area contributed by atoms with Crippen LogP contribution in [0.1, 0.15) is 25.2 Å². The normalized spacial score (nSPS) is 12.0. The van der Waals surface area contributed by atoms with Crippen molar-refractivity contribution in [2.45, 2.75) is 26.3 Å². The van der Waals surface area contributed by atoms with Crippen LogP contribution in [0.3, 0.4) is 0 Å². The van der Waals surface area contributed by atoms with Crippen molar-refractivity contribution < 1.29 is 0 Å². The molecule has 0 amide bonds. The van der Waals surface area contributed by atoms with Crippen molar-refractivity contribution in [2.24, 2.45) is 5.73 Å². The Morgan fingerprint density at radius 3 is 2.18 bits per heavy atom. The van der Waals surface area contributed by atoms with Gasteiger partial charge in [-0.05, 0) is 20.8 Å². The zero-order valence-corrected chi connectivity index (χ0v) is 7.10. The highest BCUT2D eigenvalue weighted by atomic mass is 15.1. The quantitative estimate of drug-likeness (QED) is 0.550. The van der Waals surface area contributed by atoms with Gasteiger partial charge in [0.2, 0.25) is 0 Å². The fraction of sp³-hybridized carbons (Fsp3) is 0.571. The van der Waals surface area contributed by atoms with E-state index >= 15 is 0 Å². The SMILES string of the molecule is Cc1[nH]c(N)nc1C(C)(C)N. The molecule has 1 aromatic rings. The van der Waals surface area contributed by atoms with Gasteiger partial charge in [-0.15, -0.1) is 0 Å². The number of rotatable bonds is 1. The van der Waals surface area contributed by atoms with E-state index in [4.69, 9.17) is 11.5 Å². The molecule has 5 N–H and O–H groups in total. The van der Waals surface area contributed by atoms with Crippen molar-refractivity contribution >= 4 is 5.95 Å². The van der Waals surface area contributed by atoms with E-state index in [1.54, 1.807) is 0 Å². The van der Waals surface area contributed by atoms with Gasteiger partial charge in [0.1, 0.15) is 0 Å². The van der Waals surface area contributed by atoms with Gasteiger partial charge in [-0.2, -0.15) is 0 Å². The summed E-state index contributed by atoms with van der Waals surface area (Å²) in [6, 6.07) is 0. The van der Waals surface area contributed by atoms with E-state index < -0.39 is 5.54 Å². The van der Waals surface area contributed by atoms with Crippen molar-refractivity contribution in [3.63, 3.8) is 0 Å². The molecule has 0 aliphatic rings. The monoisotopic (exact) mass is 154 g/mol. The minimum absolute atomic E-state index is 0.418. The highest BCUT2D eigenvalue weighted by Crippen LogP contribution is 2.18. The van der Waals surface area contributed by atoms with E-state index in [9.17, 15) is 0 Å². The molecule has 0 saturated heterocycles. The summed E-state index contributed by atoms with van der Waals surface area (Å²) in [6.45, 7) is 5.71. The number of H-pyrrole nitrogens is 1. The van der Waals surface area contributed by atoms with Crippen LogP contribution in [-0.4, -0.2) is 9.97 Å². The fourth-order valence-electron chi connectivity index (χ4n) is 1.11. The van der Waals surface area contributed by atoms with Crippen molar-refractivity contribution in [3.8, 4) is 0 Å². The lowest BCUT2D eigenvalue weighted by molar-refractivity contribution is 0.535. The van der Waals surface area contributed by atoms with Crippen LogP contribution < -0.4 is 11.5 Å². The van der Waals surface area contributed by atoms with E-state index in [-0.39, 0.29) is 0 Å². The number of nitrogen functional groups attached to an aromatic ring is 1. The molecule has 0 saturated carbocycles. The predicted molar refractivity (Wildman–Crippen MR) is 45.0 cm³/mol. The Hall–Kier alpha value is -1.03. The molecule has 0 spiro atoms. The van der Waals surface area contributed by atoms with Gasteiger partial charge in [0.05, 0.1) is 11.2 Å². The Balaban J connectivity index is 3.13. The van der Waals surface area contributed by atoms with Crippen molar-refractivity contribution in [1.82, 2.24) is 9.97 Å². The van der Waals surface area contributed by atoms with Crippen LogP contribution in [0.15, 0.2) is 0 Å². The first-order valence-corrected chi connectivity index (χ1v) is 3.52. The number of hydrogen-bond donors (Lipinski definition) is 3. The number of anilines is 1. The molecule has 1 aromatic heterocycles. The lowest BCUT2D eigenvalue weighted by Crippen LogP contribution is -2.30. The summed E-state index contributed by atoms with van der Waals surface area (Å²) < 4.78 is 0. The van der Waals surface area contributed by atoms with Crippen molar-refractivity contribution in [3.05, 3.63) is 11.4 Å². The van der Waals surface area contributed by atoms with Crippen LogP contribution in [-0.2, 0) is 5.54 Å². The lowest BCUT2D eigenvalue weighted by Gasteiger charge is -2.15. The third kappa shape index (κ3) is 1.51. The topological polar surface area (TPSA) is 80.7 Å². The predicted octanol–water partition coefficient (Wildman–Crippen LogP) is 0.494. The van der Waals surface area contributed by atoms with E-state index in [2.05, 4.69) is 9.97 Å². The summed E-state index contributed by atoms with van der Waals surface area (Å²) in [5, 5.41) is 0. The van der Waals surface area contributed by atoms with Crippen LogP contribution in [0.5, 0.6) is 0 Å². The van der Waals surface area contributed by atoms with Crippen LogP contribution in [0.2, 0.25) is 0 Å². The number of imidazole rings is 1. The average molecular weight is 154 g/mol. The van der Waals surface area contributed by atoms with Gasteiger partial charge in [0.15, 0.2) is 5.95 Å². The Labute approximate surface area is 66.0 Å². The molecule has 0 radical (unpaired) electrons. The van der Waals surface area contributed by atoms with Gasteiger partial charge in [0.25, 0.3) is 0 Å². The standard InChI is InChI=1S/C7H14N4/c1-4-5(7(2,3)9)11-6(8)10-4/h9H2,1-3H3,(H3,8,10,11). The zero-order chi connectivity index (χ0) is 8.65. The van der Waals surface area contributed by atoms with E-state index in [0.717, 1.165) is 11.4 Å². The minimum Gasteiger partial charge on any atom is -0.369 e. The number of aryl methyl sites for hydroxylation is 1. The molecule has 4 nitrogen and oxygen atoms in total. The molecular formula is C7H14N4. The second-order valence-electron chi connectivity index (χ2n) is 3.32. The van der Waals surface area contributed by atoms with Crippen molar-refractivity contribution in [2.75, 3.05) is 5.73 Å². The molecule has 1 heterocycles. The van der Waals surface area contributed by atoms with Crippen LogP contribution in [0, 0.1) is 6.92 Å². The molecule has 0 bridgehead atoms. The Bertz CT molecular complexity index is 256. The van der Waals surface area contributed by atoms with Crippen LogP contribution >= 0.6 is 0 Å². The van der Waals surface area contributed by atoms with Gasteiger partial charge in [-0.3, -0.25) is 0 Å². The molecule has 4 heteroatoms. The molecule has 0 aromatic carbocycles. The number of nitrogens with one attached hydrogen (secondary N) is 1. The van der Waals surface area contributed by atoms with Gasteiger partial charge in [-0.25, -0.2) is 4.98 Å². The summed E-state index contributed by atoms with van der Waals surface area (Å²) in [4.78, 5) is 6.98. The summed E-state index contributed by atoms with van der Waals surface area (Å²) in [6.07, 6.45) is 0. The molecule has 0 fully saturated rings. The highest BCUT2D eigenvalue weighted by Gasteiger charge is 2.20. The summed E-state index contributed by atoms with van der Waals surface area (Å²) in [5.74, 6) is 0.427. The molecule has 62 valence electrons. The molecule has 0 aliphatic heterocycles. The molecule has 1 rings (SSSR count). The first kappa shape index (κ1) is 8.07. The third-order valence-electron chi connectivity index (χ3n) is 1.51. The summed E-state index contributed by atoms with van der Waals surface area (Å²) in [7, 11) is 0. The number of nitrogens with two attached hydrogens (primary N) is 2. The van der Waals surface area contributed by atoms with E-state index in [1.165, 1.54) is 0 Å². The maximum absolute atomic E-state index is 5.83. The number of aromatic nitrogens is 2. The van der Waals surface area contributed by atoms with Gasteiger partial charge in [-0.1, -0.05) is 0 Å². The Morgan fingerprint density at radius 1 is 1.45 bits per heavy atom. The second-order valence-corrected chi connectivity index (χ2v) is 3.32. The number of nitrogens with zero attached hydrogens (tertiary/aromatic N) is 1. The molecule has 0 aliphatic carbocycles. The van der Waals surface area contributed by atoms with Gasteiger partial charge in [0, 0.05) is 5.69 Å². The number of hydrogen-bond acceptors (Lipinski definition) is 3. The van der Waals surface area contributed by atoms with Gasteiger partial charge >= 0.3 is 0 Å². The molecule has 0 unspecified atom stereocenters. The van der Waals surface area contributed by atoms with E-state index in [0.29, 0.717) is 5.95 Å². The second kappa shape index (κ2) is 2.23. The zero-order valence-electron chi connectivity index (χ0n) is 7.10. The Kier molecular flexibility index (Phi) is 1.64. The first-order valence-electron chi connectivity index (χ1n) is 3.52. The minimum atomic E-state index is -0.418. The summed E-state index contributed by atoms with van der Waals surface area (Å²) >= 11 is 0. The molecule has 11 heavy (non-hydrogen) atoms. The largest absolute Gasteiger partial charge is 0.369 e. The van der Waals surface area contributed by atoms with Gasteiger partial charge < -0.3 is 16.5 Å². The maximum Gasteiger partial charge on any atom is 0.197 e. The van der Waals surface area contributed by atoms with Crippen LogP contribution in [0.4, 0.5) is 5.95 Å². The fourth-order valence-corrected chi connectivity index (χ4v) is 1.11. The highest BCUT2D eigenvalue weighted by molar-refractivity contribution is 5.29. The van der Waals surface area contributed by atoms with Crippen LogP contribution in [0.25, 0.3) is 0 Å². The number of aromatic amines is 1. The Morgan fingerprint density at radius 2 is 2.00 bits per heavy atom. The smallest absolute Gasteiger partial charge is 0.197 e. The molecular weight excluding hydrogens is 140 g/mol. The third-order valence-corrected chi connectivity index (χ3v) is 1.51. The first-order chi connectivity index (χ1) is 4.91.